The SMILES string of the molecule is Cc1nnc(Sc2nccc(C(=O)O)c2N)n1C. The number of nitrogens with two attached hydrogens (primary N) is 1. The number of rotatable bonds is 3. The van der Waals surface area contributed by atoms with Gasteiger partial charge in [0.15, 0.2) is 5.16 Å². The molecule has 0 bridgehead atoms. The topological polar surface area (TPSA) is 107 Å². The van der Waals surface area contributed by atoms with Gasteiger partial charge in [0.2, 0.25) is 0 Å². The average Bonchev–Trinajstić information content (AvgIpc) is 2.63. The second-order valence-electron chi connectivity index (χ2n) is 3.57. The van der Waals surface area contributed by atoms with Crippen LogP contribution in [0.5, 0.6) is 0 Å². The van der Waals surface area contributed by atoms with E-state index in [4.69, 9.17) is 10.8 Å². The molecule has 2 heterocycles. The number of aromatic carboxylic acids is 1. The van der Waals surface area contributed by atoms with E-state index in [0.717, 1.165) is 5.82 Å². The number of nitrogen functional groups attached to an aromatic ring is 1. The normalized spacial score (nSPS) is 10.6. The van der Waals surface area contributed by atoms with Gasteiger partial charge in [-0.15, -0.1) is 10.2 Å². The van der Waals surface area contributed by atoms with Crippen LogP contribution < -0.4 is 5.73 Å². The van der Waals surface area contributed by atoms with E-state index >= 15 is 0 Å². The molecule has 0 aliphatic rings. The Bertz CT molecular complexity index is 610. The second kappa shape index (κ2) is 4.65. The van der Waals surface area contributed by atoms with Gasteiger partial charge in [0.25, 0.3) is 0 Å². The summed E-state index contributed by atoms with van der Waals surface area (Å²) in [6.45, 7) is 1.82. The van der Waals surface area contributed by atoms with E-state index in [1.54, 1.807) is 4.57 Å². The molecule has 0 aromatic carbocycles. The summed E-state index contributed by atoms with van der Waals surface area (Å²) in [5, 5.41) is 17.8. The molecule has 2 aromatic heterocycles. The summed E-state index contributed by atoms with van der Waals surface area (Å²) in [5.41, 5.74) is 5.94. The Morgan fingerprint density at radius 3 is 2.78 bits per heavy atom. The van der Waals surface area contributed by atoms with Gasteiger partial charge in [-0.25, -0.2) is 9.78 Å². The highest BCUT2D eigenvalue weighted by Crippen LogP contribution is 2.30. The number of carbonyl (C=O) groups is 1. The Kier molecular flexibility index (Phi) is 3.19. The molecule has 3 N–H and O–H groups in total. The summed E-state index contributed by atoms with van der Waals surface area (Å²) in [4.78, 5) is 15.0. The van der Waals surface area contributed by atoms with Crippen molar-refractivity contribution in [2.75, 3.05) is 5.73 Å². The quantitative estimate of drug-likeness (QED) is 0.850. The number of carboxylic acid groups (broad SMARTS) is 1. The largest absolute Gasteiger partial charge is 0.478 e. The number of nitrogens with zero attached hydrogens (tertiary/aromatic N) is 4. The Balaban J connectivity index is 2.38. The molecule has 0 fully saturated rings. The van der Waals surface area contributed by atoms with E-state index < -0.39 is 5.97 Å². The fraction of sp³-hybridized carbons (Fsp3) is 0.200. The van der Waals surface area contributed by atoms with Gasteiger partial charge in [-0.1, -0.05) is 0 Å². The summed E-state index contributed by atoms with van der Waals surface area (Å²) in [7, 11) is 1.81. The zero-order valence-electron chi connectivity index (χ0n) is 9.78. The zero-order valence-corrected chi connectivity index (χ0v) is 10.6. The fourth-order valence-corrected chi connectivity index (χ4v) is 2.14. The van der Waals surface area contributed by atoms with Crippen molar-refractivity contribution in [2.24, 2.45) is 7.05 Å². The lowest BCUT2D eigenvalue weighted by atomic mass is 10.2. The highest BCUT2D eigenvalue weighted by atomic mass is 32.2. The van der Waals surface area contributed by atoms with E-state index in [-0.39, 0.29) is 11.3 Å². The summed E-state index contributed by atoms with van der Waals surface area (Å²) in [6, 6.07) is 1.36. The summed E-state index contributed by atoms with van der Waals surface area (Å²) in [6.07, 6.45) is 1.41. The van der Waals surface area contributed by atoms with Gasteiger partial charge in [0.1, 0.15) is 10.9 Å². The lowest BCUT2D eigenvalue weighted by molar-refractivity contribution is 0.0697. The molecule has 18 heavy (non-hydrogen) atoms. The minimum atomic E-state index is -1.08. The Labute approximate surface area is 107 Å². The van der Waals surface area contributed by atoms with Crippen molar-refractivity contribution in [3.63, 3.8) is 0 Å². The minimum Gasteiger partial charge on any atom is -0.478 e. The van der Waals surface area contributed by atoms with Crippen LogP contribution in [0.1, 0.15) is 16.2 Å². The highest BCUT2D eigenvalue weighted by molar-refractivity contribution is 7.99. The molecule has 0 aliphatic carbocycles. The number of aryl methyl sites for hydroxylation is 1. The summed E-state index contributed by atoms with van der Waals surface area (Å²) in [5.74, 6) is -0.323. The lowest BCUT2D eigenvalue weighted by Crippen LogP contribution is -2.05. The summed E-state index contributed by atoms with van der Waals surface area (Å²) < 4.78 is 1.78. The molecule has 0 unspecified atom stereocenters. The number of carboxylic acids is 1. The van der Waals surface area contributed by atoms with Crippen molar-refractivity contribution in [1.29, 1.82) is 0 Å². The number of anilines is 1. The third-order valence-corrected chi connectivity index (χ3v) is 3.48. The first-order valence-corrected chi connectivity index (χ1v) is 5.84. The molecule has 2 aromatic rings. The van der Waals surface area contributed by atoms with Gasteiger partial charge in [-0.2, -0.15) is 0 Å². The third-order valence-electron chi connectivity index (χ3n) is 2.42. The molecular formula is C10H11N5O2S. The van der Waals surface area contributed by atoms with Gasteiger partial charge in [-0.05, 0) is 24.8 Å². The maximum atomic E-state index is 10.9. The van der Waals surface area contributed by atoms with Crippen molar-refractivity contribution < 1.29 is 9.90 Å². The van der Waals surface area contributed by atoms with Crippen LogP contribution in [0.2, 0.25) is 0 Å². The summed E-state index contributed by atoms with van der Waals surface area (Å²) >= 11 is 1.18. The van der Waals surface area contributed by atoms with Crippen molar-refractivity contribution in [1.82, 2.24) is 19.7 Å². The van der Waals surface area contributed by atoms with Gasteiger partial charge in [0.05, 0.1) is 11.3 Å². The number of pyridine rings is 1. The van der Waals surface area contributed by atoms with Crippen LogP contribution in [0.15, 0.2) is 22.4 Å². The van der Waals surface area contributed by atoms with Crippen molar-refractivity contribution in [2.45, 2.75) is 17.1 Å². The molecule has 0 atom stereocenters. The first kappa shape index (κ1) is 12.4. The van der Waals surface area contributed by atoms with Gasteiger partial charge < -0.3 is 15.4 Å². The first-order valence-electron chi connectivity index (χ1n) is 5.02. The monoisotopic (exact) mass is 265 g/mol. The molecule has 7 nitrogen and oxygen atoms in total. The van der Waals surface area contributed by atoms with Crippen LogP contribution >= 0.6 is 11.8 Å². The van der Waals surface area contributed by atoms with E-state index in [0.29, 0.717) is 10.2 Å². The average molecular weight is 265 g/mol. The molecule has 8 heteroatoms. The Morgan fingerprint density at radius 1 is 1.50 bits per heavy atom. The first-order chi connectivity index (χ1) is 8.50. The molecule has 0 saturated carbocycles. The van der Waals surface area contributed by atoms with Crippen LogP contribution in [0.25, 0.3) is 0 Å². The maximum absolute atomic E-state index is 10.9. The van der Waals surface area contributed by atoms with Crippen LogP contribution in [-0.2, 0) is 7.05 Å². The van der Waals surface area contributed by atoms with Crippen molar-refractivity contribution in [3.05, 3.63) is 23.7 Å². The lowest BCUT2D eigenvalue weighted by Gasteiger charge is -2.06. The standard InChI is InChI=1S/C10H11N5O2S/c1-5-13-14-10(15(5)2)18-8-7(11)6(9(16)17)3-4-12-8/h3-4H,11H2,1-2H3,(H,16,17). The van der Waals surface area contributed by atoms with Gasteiger partial charge in [-0.3, -0.25) is 0 Å². The zero-order chi connectivity index (χ0) is 13.3. The maximum Gasteiger partial charge on any atom is 0.337 e. The molecule has 0 amide bonds. The molecule has 0 saturated heterocycles. The fourth-order valence-electron chi connectivity index (χ4n) is 1.28. The minimum absolute atomic E-state index is 0.0337. The van der Waals surface area contributed by atoms with Crippen LogP contribution in [0.3, 0.4) is 0 Å². The van der Waals surface area contributed by atoms with E-state index in [1.165, 1.54) is 24.0 Å². The molecule has 2 rings (SSSR count). The Hall–Kier alpha value is -2.09. The van der Waals surface area contributed by atoms with Crippen molar-refractivity contribution >= 4 is 23.4 Å². The van der Waals surface area contributed by atoms with E-state index in [9.17, 15) is 4.79 Å². The second-order valence-corrected chi connectivity index (χ2v) is 4.53. The number of hydrogen-bond donors (Lipinski definition) is 2. The van der Waals surface area contributed by atoms with Crippen LogP contribution in [0, 0.1) is 6.92 Å². The number of hydrogen-bond acceptors (Lipinski definition) is 6. The molecule has 0 aliphatic heterocycles. The number of aromatic nitrogens is 4. The third kappa shape index (κ3) is 2.14. The van der Waals surface area contributed by atoms with Crippen LogP contribution in [-0.4, -0.2) is 30.8 Å². The smallest absolute Gasteiger partial charge is 0.337 e. The van der Waals surface area contributed by atoms with Gasteiger partial charge in [0, 0.05) is 13.2 Å². The van der Waals surface area contributed by atoms with Crippen LogP contribution in [0.4, 0.5) is 5.69 Å². The molecule has 0 radical (unpaired) electrons. The van der Waals surface area contributed by atoms with Crippen molar-refractivity contribution in [3.8, 4) is 0 Å². The molecular weight excluding hydrogens is 254 g/mol. The van der Waals surface area contributed by atoms with E-state index in [2.05, 4.69) is 15.2 Å². The predicted molar refractivity (Wildman–Crippen MR) is 65.5 cm³/mol. The molecule has 0 spiro atoms. The highest BCUT2D eigenvalue weighted by Gasteiger charge is 2.15. The van der Waals surface area contributed by atoms with E-state index in [1.807, 2.05) is 14.0 Å². The molecule has 94 valence electrons. The van der Waals surface area contributed by atoms with Gasteiger partial charge >= 0.3 is 5.97 Å². The predicted octanol–water partition coefficient (Wildman–Crippen LogP) is 0.950. The Morgan fingerprint density at radius 2 is 2.22 bits per heavy atom.